The third-order valence-electron chi connectivity index (χ3n) is 3.71. The van der Waals surface area contributed by atoms with Crippen molar-refractivity contribution < 1.29 is 4.39 Å². The molecule has 0 aliphatic carbocycles. The number of rotatable bonds is 3. The zero-order valence-electron chi connectivity index (χ0n) is 11.9. The molecule has 0 bridgehead atoms. The number of benzene rings is 2. The Bertz CT molecular complexity index is 781. The standard InChI is InChI=1S/C18H17FN2/c1-18(20,11-13-5-4-7-16(19)9-13)15-10-14-6-2-3-8-17(14)21-12-15/h2-10,12H,11,20H2,1H3. The van der Waals surface area contributed by atoms with Gasteiger partial charge in [-0.2, -0.15) is 0 Å². The average Bonchev–Trinajstić information content (AvgIpc) is 2.46. The molecule has 1 heterocycles. The molecule has 0 radical (unpaired) electrons. The molecule has 0 saturated carbocycles. The molecule has 0 aliphatic heterocycles. The highest BCUT2D eigenvalue weighted by molar-refractivity contribution is 5.79. The minimum Gasteiger partial charge on any atom is -0.321 e. The van der Waals surface area contributed by atoms with Crippen LogP contribution in [0.25, 0.3) is 10.9 Å². The molecule has 2 nitrogen and oxygen atoms in total. The van der Waals surface area contributed by atoms with E-state index >= 15 is 0 Å². The SMILES string of the molecule is CC(N)(Cc1cccc(F)c1)c1cnc2ccccc2c1. The lowest BCUT2D eigenvalue weighted by Gasteiger charge is -2.25. The van der Waals surface area contributed by atoms with Gasteiger partial charge in [0, 0.05) is 17.1 Å². The summed E-state index contributed by atoms with van der Waals surface area (Å²) in [6.07, 6.45) is 2.37. The molecule has 3 rings (SSSR count). The number of hydrogen-bond acceptors (Lipinski definition) is 2. The topological polar surface area (TPSA) is 38.9 Å². The van der Waals surface area contributed by atoms with Crippen LogP contribution in [-0.2, 0) is 12.0 Å². The van der Waals surface area contributed by atoms with Gasteiger partial charge in [-0.15, -0.1) is 0 Å². The molecule has 0 saturated heterocycles. The quantitative estimate of drug-likeness (QED) is 0.792. The van der Waals surface area contributed by atoms with Crippen LogP contribution in [0.1, 0.15) is 18.1 Å². The fourth-order valence-corrected chi connectivity index (χ4v) is 2.56. The van der Waals surface area contributed by atoms with Crippen LogP contribution >= 0.6 is 0 Å². The maximum atomic E-state index is 13.3. The van der Waals surface area contributed by atoms with Gasteiger partial charge in [0.25, 0.3) is 0 Å². The van der Waals surface area contributed by atoms with Crippen molar-refractivity contribution >= 4 is 10.9 Å². The molecule has 2 N–H and O–H groups in total. The second-order valence-electron chi connectivity index (χ2n) is 5.64. The third kappa shape index (κ3) is 2.93. The van der Waals surface area contributed by atoms with E-state index in [1.54, 1.807) is 6.07 Å². The minimum absolute atomic E-state index is 0.236. The first-order chi connectivity index (χ1) is 10.0. The van der Waals surface area contributed by atoms with Crippen molar-refractivity contribution in [2.45, 2.75) is 18.9 Å². The van der Waals surface area contributed by atoms with Crippen molar-refractivity contribution in [2.75, 3.05) is 0 Å². The number of hydrogen-bond donors (Lipinski definition) is 1. The Morgan fingerprint density at radius 2 is 1.90 bits per heavy atom. The number of nitrogens with zero attached hydrogens (tertiary/aromatic N) is 1. The van der Waals surface area contributed by atoms with Gasteiger partial charge in [-0.05, 0) is 48.7 Å². The van der Waals surface area contributed by atoms with E-state index in [9.17, 15) is 4.39 Å². The molecule has 1 aromatic heterocycles. The first kappa shape index (κ1) is 13.7. The molecule has 0 amide bonds. The Hall–Kier alpha value is -2.26. The summed E-state index contributed by atoms with van der Waals surface area (Å²) in [5, 5.41) is 1.06. The lowest BCUT2D eigenvalue weighted by atomic mass is 9.87. The van der Waals surface area contributed by atoms with E-state index < -0.39 is 5.54 Å². The van der Waals surface area contributed by atoms with Crippen LogP contribution in [0.4, 0.5) is 4.39 Å². The number of fused-ring (bicyclic) bond motifs is 1. The van der Waals surface area contributed by atoms with Crippen molar-refractivity contribution in [1.82, 2.24) is 4.98 Å². The molecule has 0 aliphatic rings. The van der Waals surface area contributed by atoms with Crippen LogP contribution in [0.15, 0.2) is 60.8 Å². The lowest BCUT2D eigenvalue weighted by molar-refractivity contribution is 0.488. The fraction of sp³-hybridized carbons (Fsp3) is 0.167. The first-order valence-electron chi connectivity index (χ1n) is 6.93. The third-order valence-corrected chi connectivity index (χ3v) is 3.71. The van der Waals surface area contributed by atoms with Crippen LogP contribution in [-0.4, -0.2) is 4.98 Å². The second kappa shape index (κ2) is 5.26. The Labute approximate surface area is 123 Å². The molecule has 1 atom stereocenters. The van der Waals surface area contributed by atoms with Crippen molar-refractivity contribution in [3.8, 4) is 0 Å². The molecule has 21 heavy (non-hydrogen) atoms. The molecule has 3 aromatic rings. The molecule has 106 valence electrons. The zero-order chi connectivity index (χ0) is 14.9. The summed E-state index contributed by atoms with van der Waals surface area (Å²) in [5.41, 5.74) is 8.64. The van der Waals surface area contributed by atoms with E-state index in [-0.39, 0.29) is 5.82 Å². The molecule has 2 aromatic carbocycles. The van der Waals surface area contributed by atoms with Gasteiger partial charge in [-0.1, -0.05) is 30.3 Å². The van der Waals surface area contributed by atoms with E-state index in [1.165, 1.54) is 12.1 Å². The molecule has 3 heteroatoms. The summed E-state index contributed by atoms with van der Waals surface area (Å²) in [4.78, 5) is 4.45. The maximum Gasteiger partial charge on any atom is 0.123 e. The Morgan fingerprint density at radius 1 is 1.10 bits per heavy atom. The second-order valence-corrected chi connectivity index (χ2v) is 5.64. The van der Waals surface area contributed by atoms with Gasteiger partial charge >= 0.3 is 0 Å². The molecular formula is C18H17FN2. The van der Waals surface area contributed by atoms with Gasteiger partial charge in [-0.3, -0.25) is 4.98 Å². The highest BCUT2D eigenvalue weighted by Crippen LogP contribution is 2.25. The van der Waals surface area contributed by atoms with Crippen molar-refractivity contribution in [2.24, 2.45) is 5.73 Å². The number of halogens is 1. The normalized spacial score (nSPS) is 14.0. The van der Waals surface area contributed by atoms with E-state index in [0.29, 0.717) is 6.42 Å². The van der Waals surface area contributed by atoms with Crippen molar-refractivity contribution in [3.63, 3.8) is 0 Å². The van der Waals surface area contributed by atoms with E-state index in [1.807, 2.05) is 43.5 Å². The Morgan fingerprint density at radius 3 is 2.71 bits per heavy atom. The Kier molecular flexibility index (Phi) is 3.43. The maximum absolute atomic E-state index is 13.3. The van der Waals surface area contributed by atoms with Gasteiger partial charge in [0.1, 0.15) is 5.82 Å². The Balaban J connectivity index is 1.95. The molecular weight excluding hydrogens is 263 g/mol. The van der Waals surface area contributed by atoms with Gasteiger partial charge in [0.15, 0.2) is 0 Å². The number of aromatic nitrogens is 1. The van der Waals surface area contributed by atoms with E-state index in [0.717, 1.165) is 22.0 Å². The molecule has 0 fully saturated rings. The van der Waals surface area contributed by atoms with Crippen molar-refractivity contribution in [3.05, 3.63) is 77.7 Å². The highest BCUT2D eigenvalue weighted by Gasteiger charge is 2.22. The van der Waals surface area contributed by atoms with E-state index in [4.69, 9.17) is 5.73 Å². The summed E-state index contributed by atoms with van der Waals surface area (Å²) < 4.78 is 13.3. The summed E-state index contributed by atoms with van der Waals surface area (Å²) in [5.74, 6) is -0.236. The minimum atomic E-state index is -0.592. The number of para-hydroxylation sites is 1. The van der Waals surface area contributed by atoms with E-state index in [2.05, 4.69) is 11.1 Å². The molecule has 0 spiro atoms. The monoisotopic (exact) mass is 280 g/mol. The van der Waals surface area contributed by atoms with Crippen LogP contribution in [0.3, 0.4) is 0 Å². The predicted molar refractivity (Wildman–Crippen MR) is 83.4 cm³/mol. The predicted octanol–water partition coefficient (Wildman–Crippen LogP) is 3.79. The van der Waals surface area contributed by atoms with Crippen LogP contribution in [0.5, 0.6) is 0 Å². The first-order valence-corrected chi connectivity index (χ1v) is 6.93. The lowest BCUT2D eigenvalue weighted by Crippen LogP contribution is -2.35. The zero-order valence-corrected chi connectivity index (χ0v) is 11.9. The van der Waals surface area contributed by atoms with Crippen LogP contribution in [0.2, 0.25) is 0 Å². The summed E-state index contributed by atoms with van der Waals surface area (Å²) in [7, 11) is 0. The number of nitrogens with two attached hydrogens (primary N) is 1. The summed E-state index contributed by atoms with van der Waals surface area (Å²) >= 11 is 0. The smallest absolute Gasteiger partial charge is 0.123 e. The number of pyridine rings is 1. The fourth-order valence-electron chi connectivity index (χ4n) is 2.56. The largest absolute Gasteiger partial charge is 0.321 e. The van der Waals surface area contributed by atoms with Crippen LogP contribution in [0, 0.1) is 5.82 Å². The summed E-state index contributed by atoms with van der Waals surface area (Å²) in [6, 6.07) is 16.6. The van der Waals surface area contributed by atoms with Crippen LogP contribution < -0.4 is 5.73 Å². The van der Waals surface area contributed by atoms with Gasteiger partial charge in [-0.25, -0.2) is 4.39 Å². The van der Waals surface area contributed by atoms with Gasteiger partial charge in [0.2, 0.25) is 0 Å². The van der Waals surface area contributed by atoms with Crippen molar-refractivity contribution in [1.29, 1.82) is 0 Å². The van der Waals surface area contributed by atoms with Gasteiger partial charge in [0.05, 0.1) is 5.52 Å². The average molecular weight is 280 g/mol. The summed E-state index contributed by atoms with van der Waals surface area (Å²) in [6.45, 7) is 1.95. The molecule has 1 unspecified atom stereocenters. The van der Waals surface area contributed by atoms with Gasteiger partial charge < -0.3 is 5.73 Å². The highest BCUT2D eigenvalue weighted by atomic mass is 19.1.